The molecular weight excluding hydrogens is 552 g/mol. The van der Waals surface area contributed by atoms with Crippen LogP contribution in [0.25, 0.3) is 10.2 Å². The molecule has 0 spiro atoms. The van der Waals surface area contributed by atoms with E-state index in [0.717, 1.165) is 5.56 Å². The number of carbonyl (C=O) groups excluding carboxylic acids is 3. The van der Waals surface area contributed by atoms with Crippen molar-refractivity contribution in [2.24, 2.45) is 4.99 Å². The highest BCUT2D eigenvalue weighted by Gasteiger charge is 2.30. The average molecular weight is 579 g/mol. The maximum absolute atomic E-state index is 13.3. The van der Waals surface area contributed by atoms with Gasteiger partial charge < -0.3 is 14.6 Å². The lowest BCUT2D eigenvalue weighted by molar-refractivity contribution is -0.143. The zero-order valence-electron chi connectivity index (χ0n) is 21.8. The van der Waals surface area contributed by atoms with E-state index in [2.05, 4.69) is 10.3 Å². The van der Waals surface area contributed by atoms with Crippen LogP contribution in [-0.4, -0.2) is 43.9 Å². The van der Waals surface area contributed by atoms with E-state index in [1.54, 1.807) is 41.8 Å². The molecule has 1 aliphatic rings. The second-order valence-electron chi connectivity index (χ2n) is 9.04. The zero-order chi connectivity index (χ0) is 28.4. The molecule has 5 rings (SSSR count). The number of hydrogen-bond acceptors (Lipinski definition) is 7. The Labute approximate surface area is 234 Å². The topological polar surface area (TPSA) is 127 Å². The molecule has 40 heavy (non-hydrogen) atoms. The standard InChI is InChI=1S/C28H26N4O6S2/c1-3-38-26(34)17-31-24-13-10-21(29-18(2)33)16-25(24)39-28(31)30-27(35)20-8-11-22(12-9-20)40(36,37)32-15-14-19-6-4-5-7-23(19)32/h4-13,16H,3,14-15,17H2,1-2H3,(H,29,33). The number of carbonyl (C=O) groups is 3. The number of aromatic nitrogens is 1. The van der Waals surface area contributed by atoms with E-state index in [4.69, 9.17) is 4.74 Å². The Morgan fingerprint density at radius 2 is 1.80 bits per heavy atom. The molecule has 2 heterocycles. The molecule has 4 aromatic rings. The molecule has 1 aromatic heterocycles. The lowest BCUT2D eigenvalue weighted by atomic mass is 10.2. The predicted octanol–water partition coefficient (Wildman–Crippen LogP) is 3.72. The van der Waals surface area contributed by atoms with Gasteiger partial charge in [0.2, 0.25) is 5.91 Å². The second-order valence-corrected chi connectivity index (χ2v) is 11.9. The van der Waals surface area contributed by atoms with Crippen molar-refractivity contribution in [1.82, 2.24) is 4.57 Å². The van der Waals surface area contributed by atoms with Crippen molar-refractivity contribution in [2.45, 2.75) is 31.7 Å². The van der Waals surface area contributed by atoms with Crippen LogP contribution >= 0.6 is 11.3 Å². The van der Waals surface area contributed by atoms with Crippen molar-refractivity contribution in [3.05, 3.63) is 82.7 Å². The summed E-state index contributed by atoms with van der Waals surface area (Å²) in [7, 11) is -3.80. The van der Waals surface area contributed by atoms with Crippen LogP contribution in [0.15, 0.2) is 76.6 Å². The zero-order valence-corrected chi connectivity index (χ0v) is 23.4. The molecule has 0 saturated carbocycles. The van der Waals surface area contributed by atoms with E-state index in [1.165, 1.54) is 46.8 Å². The van der Waals surface area contributed by atoms with Gasteiger partial charge in [0.1, 0.15) is 6.54 Å². The van der Waals surface area contributed by atoms with Crippen molar-refractivity contribution in [3.63, 3.8) is 0 Å². The summed E-state index contributed by atoms with van der Waals surface area (Å²) in [5.74, 6) is -1.31. The normalized spacial score (nSPS) is 13.3. The number of hydrogen-bond donors (Lipinski definition) is 1. The minimum absolute atomic E-state index is 0.0745. The van der Waals surface area contributed by atoms with Gasteiger partial charge in [-0.3, -0.25) is 18.7 Å². The fraction of sp³-hybridized carbons (Fsp3) is 0.214. The highest BCUT2D eigenvalue weighted by atomic mass is 32.2. The number of amides is 2. The molecule has 0 aliphatic carbocycles. The van der Waals surface area contributed by atoms with E-state index in [-0.39, 0.29) is 34.3 Å². The van der Waals surface area contributed by atoms with Crippen LogP contribution in [0, 0.1) is 0 Å². The van der Waals surface area contributed by atoms with Gasteiger partial charge in [-0.15, -0.1) is 0 Å². The predicted molar refractivity (Wildman–Crippen MR) is 152 cm³/mol. The summed E-state index contributed by atoms with van der Waals surface area (Å²) < 4.78 is 35.4. The second kappa shape index (κ2) is 11.1. The van der Waals surface area contributed by atoms with Gasteiger partial charge in [-0.2, -0.15) is 4.99 Å². The maximum atomic E-state index is 13.3. The van der Waals surface area contributed by atoms with Crippen molar-refractivity contribution >= 4 is 60.7 Å². The van der Waals surface area contributed by atoms with Gasteiger partial charge in [0.05, 0.1) is 27.4 Å². The average Bonchev–Trinajstić information content (AvgIpc) is 3.50. The van der Waals surface area contributed by atoms with Gasteiger partial charge >= 0.3 is 5.97 Å². The number of anilines is 2. The monoisotopic (exact) mass is 578 g/mol. The first kappa shape index (κ1) is 27.3. The van der Waals surface area contributed by atoms with E-state index < -0.39 is 21.9 Å². The summed E-state index contributed by atoms with van der Waals surface area (Å²) >= 11 is 1.18. The van der Waals surface area contributed by atoms with Crippen molar-refractivity contribution in [2.75, 3.05) is 22.8 Å². The van der Waals surface area contributed by atoms with Gasteiger partial charge in [0.25, 0.3) is 15.9 Å². The summed E-state index contributed by atoms with van der Waals surface area (Å²) in [6.07, 6.45) is 0.637. The van der Waals surface area contributed by atoms with Crippen LogP contribution in [0.1, 0.15) is 29.8 Å². The molecule has 2 amide bonds. The minimum atomic E-state index is -3.80. The Balaban J connectivity index is 1.47. The third-order valence-corrected chi connectivity index (χ3v) is 9.20. The third-order valence-electron chi connectivity index (χ3n) is 6.33. The van der Waals surface area contributed by atoms with Gasteiger partial charge in [-0.25, -0.2) is 8.42 Å². The maximum Gasteiger partial charge on any atom is 0.326 e. The Kier molecular flexibility index (Phi) is 7.55. The number of nitrogens with zero attached hydrogens (tertiary/aromatic N) is 3. The number of ether oxygens (including phenoxy) is 1. The third kappa shape index (κ3) is 5.40. The molecule has 1 N–H and O–H groups in total. The molecule has 0 saturated heterocycles. The van der Waals surface area contributed by atoms with Gasteiger partial charge in [0.15, 0.2) is 4.80 Å². The lowest BCUT2D eigenvalue weighted by Crippen LogP contribution is -2.29. The summed E-state index contributed by atoms with van der Waals surface area (Å²) in [6, 6.07) is 18.2. The molecule has 3 aromatic carbocycles. The molecule has 0 unspecified atom stereocenters. The number of fused-ring (bicyclic) bond motifs is 2. The summed E-state index contributed by atoms with van der Waals surface area (Å²) in [4.78, 5) is 41.5. The summed E-state index contributed by atoms with van der Waals surface area (Å²) in [5.41, 5.74) is 3.04. The lowest BCUT2D eigenvalue weighted by Gasteiger charge is -2.19. The highest BCUT2D eigenvalue weighted by molar-refractivity contribution is 7.92. The smallest absolute Gasteiger partial charge is 0.326 e. The van der Waals surface area contributed by atoms with Crippen LogP contribution in [0.2, 0.25) is 0 Å². The van der Waals surface area contributed by atoms with Crippen LogP contribution in [-0.2, 0) is 37.3 Å². The number of nitrogens with one attached hydrogen (secondary N) is 1. The van der Waals surface area contributed by atoms with E-state index >= 15 is 0 Å². The fourth-order valence-electron chi connectivity index (χ4n) is 4.53. The Hall–Kier alpha value is -4.29. The molecule has 0 fully saturated rings. The van der Waals surface area contributed by atoms with Crippen LogP contribution in [0.5, 0.6) is 0 Å². The first-order valence-electron chi connectivity index (χ1n) is 12.5. The molecule has 0 atom stereocenters. The minimum Gasteiger partial charge on any atom is -0.465 e. The number of esters is 1. The molecule has 0 bridgehead atoms. The van der Waals surface area contributed by atoms with E-state index in [9.17, 15) is 22.8 Å². The number of benzene rings is 3. The Morgan fingerprint density at radius 3 is 2.52 bits per heavy atom. The van der Waals surface area contributed by atoms with Crippen molar-refractivity contribution < 1.29 is 27.5 Å². The molecule has 0 radical (unpaired) electrons. The number of para-hydroxylation sites is 1. The quantitative estimate of drug-likeness (QED) is 0.333. The number of sulfonamides is 1. The van der Waals surface area contributed by atoms with Crippen LogP contribution in [0.3, 0.4) is 0 Å². The van der Waals surface area contributed by atoms with Crippen LogP contribution < -0.4 is 14.4 Å². The molecule has 12 heteroatoms. The Morgan fingerprint density at radius 1 is 1.05 bits per heavy atom. The molecule has 10 nitrogen and oxygen atoms in total. The van der Waals surface area contributed by atoms with Gasteiger partial charge in [0, 0.05) is 24.7 Å². The van der Waals surface area contributed by atoms with Gasteiger partial charge in [-0.1, -0.05) is 29.5 Å². The van der Waals surface area contributed by atoms with Gasteiger partial charge in [-0.05, 0) is 67.4 Å². The Bertz CT molecular complexity index is 1810. The fourth-order valence-corrected chi connectivity index (χ4v) is 7.10. The van der Waals surface area contributed by atoms with E-state index in [1.807, 2.05) is 12.1 Å². The molecular formula is C28H26N4O6S2. The van der Waals surface area contributed by atoms with Crippen molar-refractivity contribution in [3.8, 4) is 0 Å². The number of rotatable bonds is 7. The van der Waals surface area contributed by atoms with Crippen LogP contribution in [0.4, 0.5) is 11.4 Å². The molecule has 206 valence electrons. The van der Waals surface area contributed by atoms with E-state index in [0.29, 0.717) is 34.6 Å². The first-order valence-corrected chi connectivity index (χ1v) is 14.8. The first-order chi connectivity index (χ1) is 19.2. The summed E-state index contributed by atoms with van der Waals surface area (Å²) in [6.45, 7) is 3.51. The largest absolute Gasteiger partial charge is 0.465 e. The summed E-state index contributed by atoms with van der Waals surface area (Å²) in [5, 5.41) is 2.71. The highest BCUT2D eigenvalue weighted by Crippen LogP contribution is 2.32. The number of thiazole rings is 1. The van der Waals surface area contributed by atoms with Crippen molar-refractivity contribution in [1.29, 1.82) is 0 Å². The SMILES string of the molecule is CCOC(=O)Cn1c(=NC(=O)c2ccc(S(=O)(=O)N3CCc4ccccc43)cc2)sc2cc(NC(C)=O)ccc21. The molecule has 1 aliphatic heterocycles.